The van der Waals surface area contributed by atoms with Gasteiger partial charge in [-0.15, -0.1) is 0 Å². The van der Waals surface area contributed by atoms with Crippen LogP contribution in [0.3, 0.4) is 0 Å². The topological polar surface area (TPSA) is 66.0 Å². The van der Waals surface area contributed by atoms with Crippen molar-refractivity contribution in [2.45, 2.75) is 32.6 Å². The van der Waals surface area contributed by atoms with E-state index in [1.54, 1.807) is 0 Å². The molecule has 1 rings (SSSR count). The summed E-state index contributed by atoms with van der Waals surface area (Å²) in [5, 5.41) is 14.3. The number of halogens is 1. The Morgan fingerprint density at radius 2 is 2.29 bits per heavy atom. The highest BCUT2D eigenvalue weighted by Gasteiger charge is 2.17. The maximum absolute atomic E-state index is 13.2. The second-order valence-corrected chi connectivity index (χ2v) is 3.12. The van der Waals surface area contributed by atoms with Crippen LogP contribution in [-0.2, 0) is 6.42 Å². The normalized spacial score (nSPS) is 10.4. The van der Waals surface area contributed by atoms with E-state index >= 15 is 0 Å². The molecule has 0 radical (unpaired) electrons. The number of unbranched alkanes of at least 4 members (excludes halogenated alkanes) is 2. The lowest BCUT2D eigenvalue weighted by Gasteiger charge is -1.94. The smallest absolute Gasteiger partial charge is 0.357 e. The van der Waals surface area contributed by atoms with E-state index in [2.05, 4.69) is 10.2 Å². The van der Waals surface area contributed by atoms with Crippen molar-refractivity contribution in [2.24, 2.45) is 0 Å². The first-order valence-electron chi connectivity index (χ1n) is 4.62. The van der Waals surface area contributed by atoms with E-state index in [0.29, 0.717) is 6.42 Å². The fourth-order valence-corrected chi connectivity index (χ4v) is 1.22. The second-order valence-electron chi connectivity index (χ2n) is 3.12. The molecule has 0 saturated carbocycles. The number of nitrogens with zero attached hydrogens (tertiary/aromatic N) is 1. The summed E-state index contributed by atoms with van der Waals surface area (Å²) in [7, 11) is 0. The summed E-state index contributed by atoms with van der Waals surface area (Å²) in [5.74, 6) is -2.04. The van der Waals surface area contributed by atoms with Gasteiger partial charge in [0, 0.05) is 0 Å². The summed E-state index contributed by atoms with van der Waals surface area (Å²) in [6.45, 7) is 2.05. The van der Waals surface area contributed by atoms with E-state index in [1.165, 1.54) is 0 Å². The van der Waals surface area contributed by atoms with Crippen LogP contribution in [-0.4, -0.2) is 21.3 Å². The molecule has 78 valence electrons. The van der Waals surface area contributed by atoms with Crippen LogP contribution in [0.25, 0.3) is 0 Å². The lowest BCUT2D eigenvalue weighted by molar-refractivity contribution is 0.0685. The molecule has 0 aliphatic carbocycles. The van der Waals surface area contributed by atoms with Crippen molar-refractivity contribution in [3.8, 4) is 0 Å². The first kappa shape index (κ1) is 10.7. The predicted octanol–water partition coefficient (Wildman–Crippen LogP) is 1.98. The van der Waals surface area contributed by atoms with Crippen molar-refractivity contribution in [2.75, 3.05) is 0 Å². The van der Waals surface area contributed by atoms with Gasteiger partial charge in [0.2, 0.25) is 0 Å². The number of rotatable bonds is 5. The maximum atomic E-state index is 13.2. The minimum absolute atomic E-state index is 0.218. The number of hydrogen-bond acceptors (Lipinski definition) is 2. The predicted molar refractivity (Wildman–Crippen MR) is 48.7 cm³/mol. The summed E-state index contributed by atoms with van der Waals surface area (Å²) in [5.41, 5.74) is -0.229. The standard InChI is InChI=1S/C9H13FN2O2/c1-2-3-4-5-6-7(10)8(9(13)14)12-11-6/h2-5H2,1H3,(H,11,12)(H,13,14). The number of carboxylic acid groups (broad SMARTS) is 1. The Bertz CT molecular complexity index is 323. The Morgan fingerprint density at radius 3 is 2.79 bits per heavy atom. The van der Waals surface area contributed by atoms with Gasteiger partial charge >= 0.3 is 5.97 Å². The molecule has 1 aromatic rings. The van der Waals surface area contributed by atoms with Crippen LogP contribution in [0.15, 0.2) is 0 Å². The monoisotopic (exact) mass is 200 g/mol. The fourth-order valence-electron chi connectivity index (χ4n) is 1.22. The summed E-state index contributed by atoms with van der Waals surface area (Å²) in [4.78, 5) is 10.5. The van der Waals surface area contributed by atoms with Crippen molar-refractivity contribution >= 4 is 5.97 Å². The zero-order valence-corrected chi connectivity index (χ0v) is 8.01. The molecular weight excluding hydrogens is 187 g/mol. The summed E-state index contributed by atoms with van der Waals surface area (Å²) in [6, 6.07) is 0. The van der Waals surface area contributed by atoms with Gasteiger partial charge in [0.05, 0.1) is 5.69 Å². The molecule has 5 heteroatoms. The lowest BCUT2D eigenvalue weighted by Crippen LogP contribution is -1.99. The number of hydrogen-bond donors (Lipinski definition) is 2. The van der Waals surface area contributed by atoms with Crippen LogP contribution in [0.2, 0.25) is 0 Å². The molecule has 0 aliphatic heterocycles. The maximum Gasteiger partial charge on any atom is 0.357 e. The highest BCUT2D eigenvalue weighted by Crippen LogP contribution is 2.12. The Kier molecular flexibility index (Phi) is 3.62. The third-order valence-corrected chi connectivity index (χ3v) is 2.01. The van der Waals surface area contributed by atoms with Gasteiger partial charge in [-0.2, -0.15) is 5.10 Å². The molecule has 0 bridgehead atoms. The van der Waals surface area contributed by atoms with Gasteiger partial charge in [-0.1, -0.05) is 19.8 Å². The lowest BCUT2D eigenvalue weighted by atomic mass is 10.1. The Hall–Kier alpha value is -1.39. The van der Waals surface area contributed by atoms with Gasteiger partial charge in [0.1, 0.15) is 0 Å². The number of aromatic nitrogens is 2. The second kappa shape index (κ2) is 4.74. The van der Waals surface area contributed by atoms with Crippen LogP contribution in [0.5, 0.6) is 0 Å². The molecule has 2 N–H and O–H groups in total. The molecule has 0 unspecified atom stereocenters. The molecule has 0 aromatic carbocycles. The van der Waals surface area contributed by atoms with Gasteiger partial charge < -0.3 is 5.11 Å². The fraction of sp³-hybridized carbons (Fsp3) is 0.556. The largest absolute Gasteiger partial charge is 0.476 e. The quantitative estimate of drug-likeness (QED) is 0.714. The van der Waals surface area contributed by atoms with Crippen molar-refractivity contribution in [3.63, 3.8) is 0 Å². The first-order chi connectivity index (χ1) is 6.66. The first-order valence-corrected chi connectivity index (χ1v) is 4.62. The van der Waals surface area contributed by atoms with Crippen LogP contribution in [0.4, 0.5) is 4.39 Å². The molecule has 0 atom stereocenters. The van der Waals surface area contributed by atoms with Gasteiger partial charge in [0.15, 0.2) is 11.5 Å². The molecule has 0 aliphatic rings. The van der Waals surface area contributed by atoms with E-state index in [9.17, 15) is 9.18 Å². The molecule has 14 heavy (non-hydrogen) atoms. The highest BCUT2D eigenvalue weighted by atomic mass is 19.1. The Morgan fingerprint density at radius 1 is 1.57 bits per heavy atom. The molecule has 1 heterocycles. The van der Waals surface area contributed by atoms with E-state index in [1.807, 2.05) is 6.92 Å². The van der Waals surface area contributed by atoms with E-state index < -0.39 is 17.5 Å². The van der Waals surface area contributed by atoms with Crippen molar-refractivity contribution in [1.29, 1.82) is 0 Å². The average Bonchev–Trinajstić information content (AvgIpc) is 2.48. The van der Waals surface area contributed by atoms with Gasteiger partial charge in [-0.05, 0) is 12.8 Å². The molecule has 0 spiro atoms. The molecule has 1 aromatic heterocycles. The number of carboxylic acids is 1. The van der Waals surface area contributed by atoms with Crippen molar-refractivity contribution in [3.05, 3.63) is 17.2 Å². The molecule has 0 fully saturated rings. The summed E-state index contributed by atoms with van der Waals surface area (Å²) < 4.78 is 13.2. The number of aryl methyl sites for hydroxylation is 1. The zero-order valence-electron chi connectivity index (χ0n) is 8.01. The van der Waals surface area contributed by atoms with Crippen molar-refractivity contribution in [1.82, 2.24) is 10.2 Å². The zero-order chi connectivity index (χ0) is 10.6. The summed E-state index contributed by atoms with van der Waals surface area (Å²) >= 11 is 0. The van der Waals surface area contributed by atoms with Gasteiger partial charge in [-0.3, -0.25) is 5.10 Å². The number of aromatic carboxylic acids is 1. The minimum Gasteiger partial charge on any atom is -0.476 e. The molecule has 4 nitrogen and oxygen atoms in total. The highest BCUT2D eigenvalue weighted by molar-refractivity contribution is 5.85. The number of nitrogens with one attached hydrogen (secondary N) is 1. The number of H-pyrrole nitrogens is 1. The van der Waals surface area contributed by atoms with Crippen LogP contribution in [0.1, 0.15) is 42.4 Å². The number of aromatic amines is 1. The van der Waals surface area contributed by atoms with Crippen LogP contribution >= 0.6 is 0 Å². The SMILES string of the molecule is CCCCCc1n[nH]c(C(=O)O)c1F. The summed E-state index contributed by atoms with van der Waals surface area (Å²) in [6.07, 6.45) is 3.35. The number of carbonyl (C=O) groups is 1. The van der Waals surface area contributed by atoms with Crippen LogP contribution < -0.4 is 0 Å². The minimum atomic E-state index is -1.31. The van der Waals surface area contributed by atoms with E-state index in [0.717, 1.165) is 19.3 Å². The molecular formula is C9H13FN2O2. The molecule has 0 saturated heterocycles. The van der Waals surface area contributed by atoms with E-state index in [-0.39, 0.29) is 5.69 Å². The third kappa shape index (κ3) is 2.31. The van der Waals surface area contributed by atoms with Gasteiger partial charge in [-0.25, -0.2) is 9.18 Å². The Labute approximate surface area is 81.1 Å². The van der Waals surface area contributed by atoms with Gasteiger partial charge in [0.25, 0.3) is 0 Å². The third-order valence-electron chi connectivity index (χ3n) is 2.01. The Balaban J connectivity index is 2.65. The molecule has 0 amide bonds. The van der Waals surface area contributed by atoms with Crippen molar-refractivity contribution < 1.29 is 14.3 Å². The average molecular weight is 200 g/mol. The van der Waals surface area contributed by atoms with E-state index in [4.69, 9.17) is 5.11 Å². The van der Waals surface area contributed by atoms with Crippen LogP contribution in [0, 0.1) is 5.82 Å².